The van der Waals surface area contributed by atoms with Crippen molar-refractivity contribution in [3.05, 3.63) is 12.2 Å². The van der Waals surface area contributed by atoms with E-state index in [1.54, 1.807) is 7.11 Å². The molecule has 0 aromatic heterocycles. The van der Waals surface area contributed by atoms with E-state index in [0.717, 1.165) is 6.42 Å². The zero-order valence-electron chi connectivity index (χ0n) is 14.1. The number of rotatable bonds is 3. The van der Waals surface area contributed by atoms with Crippen LogP contribution in [0.15, 0.2) is 12.2 Å². The van der Waals surface area contributed by atoms with Crippen molar-refractivity contribution in [3.63, 3.8) is 0 Å². The molecule has 4 saturated carbocycles. The van der Waals surface area contributed by atoms with Crippen molar-refractivity contribution in [2.24, 2.45) is 35.0 Å². The molecule has 5 aliphatic carbocycles. The van der Waals surface area contributed by atoms with Crippen molar-refractivity contribution >= 4 is 5.97 Å². The predicted molar refractivity (Wildman–Crippen MR) is 86.6 cm³/mol. The van der Waals surface area contributed by atoms with Crippen molar-refractivity contribution in [2.75, 3.05) is 7.11 Å². The van der Waals surface area contributed by atoms with Crippen LogP contribution in [0.4, 0.5) is 0 Å². The number of methoxy groups -OCH3 is 1. The molecule has 0 aliphatic heterocycles. The van der Waals surface area contributed by atoms with E-state index in [9.17, 15) is 4.79 Å². The highest BCUT2D eigenvalue weighted by Gasteiger charge is 2.74. The van der Waals surface area contributed by atoms with Crippen molar-refractivity contribution in [1.29, 1.82) is 0 Å². The van der Waals surface area contributed by atoms with E-state index in [1.165, 1.54) is 44.9 Å². The summed E-state index contributed by atoms with van der Waals surface area (Å²) in [7, 11) is 1.58. The van der Waals surface area contributed by atoms with Crippen molar-refractivity contribution < 1.29 is 14.3 Å². The lowest BCUT2D eigenvalue weighted by Crippen LogP contribution is -2.50. The zero-order chi connectivity index (χ0) is 15.6. The first-order chi connectivity index (χ1) is 11.2. The third-order valence-electron chi connectivity index (χ3n) is 7.89. The molecule has 3 heteroatoms. The molecule has 7 atom stereocenters. The predicted octanol–water partition coefficient (Wildman–Crippen LogP) is 3.73. The summed E-state index contributed by atoms with van der Waals surface area (Å²) in [5, 5.41) is 0. The van der Waals surface area contributed by atoms with Crippen LogP contribution < -0.4 is 0 Å². The Morgan fingerprint density at radius 2 is 1.91 bits per heavy atom. The molecule has 0 spiro atoms. The quantitative estimate of drug-likeness (QED) is 0.452. The molecule has 0 heterocycles. The third-order valence-corrected chi connectivity index (χ3v) is 7.89. The van der Waals surface area contributed by atoms with Gasteiger partial charge < -0.3 is 9.47 Å². The zero-order valence-corrected chi connectivity index (χ0v) is 14.1. The topological polar surface area (TPSA) is 35.5 Å². The summed E-state index contributed by atoms with van der Waals surface area (Å²) in [4.78, 5) is 12.8. The Labute approximate surface area is 138 Å². The summed E-state index contributed by atoms with van der Waals surface area (Å²) < 4.78 is 11.9. The van der Waals surface area contributed by atoms with Crippen molar-refractivity contribution in [3.8, 4) is 0 Å². The average molecular weight is 316 g/mol. The van der Waals surface area contributed by atoms with Gasteiger partial charge in [-0.1, -0.05) is 31.4 Å². The molecular formula is C20H28O3. The number of carbonyl (C=O) groups is 1. The molecule has 0 saturated heterocycles. The van der Waals surface area contributed by atoms with Crippen LogP contribution in [0, 0.1) is 35.0 Å². The van der Waals surface area contributed by atoms with Gasteiger partial charge in [-0.3, -0.25) is 4.79 Å². The van der Waals surface area contributed by atoms with E-state index in [4.69, 9.17) is 9.47 Å². The normalized spacial score (nSPS) is 50.5. The summed E-state index contributed by atoms with van der Waals surface area (Å²) in [5.41, 5.74) is -0.203. The Hall–Kier alpha value is -0.830. The van der Waals surface area contributed by atoms with Crippen LogP contribution >= 0.6 is 0 Å². The van der Waals surface area contributed by atoms with Crippen LogP contribution in [0.5, 0.6) is 0 Å². The number of carbonyl (C=O) groups excluding carboxylic acids is 1. The molecule has 0 aromatic rings. The van der Waals surface area contributed by atoms with Crippen LogP contribution in [-0.4, -0.2) is 25.3 Å². The summed E-state index contributed by atoms with van der Waals surface area (Å²) >= 11 is 0. The van der Waals surface area contributed by atoms with E-state index in [0.29, 0.717) is 41.8 Å². The molecule has 0 amide bonds. The van der Waals surface area contributed by atoms with Gasteiger partial charge in [0, 0.05) is 0 Å². The molecule has 5 aliphatic rings. The Bertz CT molecular complexity index is 535. The maximum atomic E-state index is 12.8. The first-order valence-corrected chi connectivity index (χ1v) is 9.67. The lowest BCUT2D eigenvalue weighted by atomic mass is 9.60. The van der Waals surface area contributed by atoms with E-state index in [2.05, 4.69) is 12.2 Å². The van der Waals surface area contributed by atoms with Crippen molar-refractivity contribution in [1.82, 2.24) is 0 Å². The monoisotopic (exact) mass is 316 g/mol. The molecule has 0 N–H and O–H groups in total. The van der Waals surface area contributed by atoms with Gasteiger partial charge in [0.25, 0.3) is 0 Å². The molecule has 5 rings (SSSR count). The second kappa shape index (κ2) is 5.08. The van der Waals surface area contributed by atoms with Gasteiger partial charge in [0.2, 0.25) is 0 Å². The number of hydrogen-bond acceptors (Lipinski definition) is 3. The standard InChI is InChI=1S/C20H28O3/c1-22-19(21)20-13-8-7-12(9-13)18(20)16-10-14(20)11-17(16)23-15-5-3-2-4-6-15/h7-8,12-18H,2-6,9-11H2,1H3. The lowest BCUT2D eigenvalue weighted by molar-refractivity contribution is -0.167. The highest BCUT2D eigenvalue weighted by atomic mass is 16.5. The van der Waals surface area contributed by atoms with Gasteiger partial charge in [0.15, 0.2) is 0 Å². The molecule has 0 aromatic carbocycles. The number of esters is 1. The minimum atomic E-state index is -0.203. The Kier molecular flexibility index (Phi) is 3.21. The highest BCUT2D eigenvalue weighted by molar-refractivity contribution is 5.80. The maximum absolute atomic E-state index is 12.8. The van der Waals surface area contributed by atoms with E-state index >= 15 is 0 Å². The van der Waals surface area contributed by atoms with Crippen LogP contribution in [-0.2, 0) is 14.3 Å². The maximum Gasteiger partial charge on any atom is 0.312 e. The van der Waals surface area contributed by atoms with Crippen LogP contribution in [0.3, 0.4) is 0 Å². The fraction of sp³-hybridized carbons (Fsp3) is 0.850. The van der Waals surface area contributed by atoms with Gasteiger partial charge in [-0.2, -0.15) is 0 Å². The summed E-state index contributed by atoms with van der Waals surface area (Å²) in [5.74, 6) is 2.64. The molecule has 4 fully saturated rings. The van der Waals surface area contributed by atoms with Crippen LogP contribution in [0.1, 0.15) is 51.4 Å². The highest BCUT2D eigenvalue weighted by Crippen LogP contribution is 2.73. The van der Waals surface area contributed by atoms with Gasteiger partial charge in [0.05, 0.1) is 24.7 Å². The third kappa shape index (κ3) is 1.78. The van der Waals surface area contributed by atoms with E-state index in [-0.39, 0.29) is 11.4 Å². The van der Waals surface area contributed by atoms with E-state index in [1.807, 2.05) is 0 Å². The number of fused-ring (bicyclic) bond motifs is 9. The van der Waals surface area contributed by atoms with Gasteiger partial charge >= 0.3 is 5.97 Å². The molecule has 0 radical (unpaired) electrons. The smallest absolute Gasteiger partial charge is 0.312 e. The van der Waals surface area contributed by atoms with Crippen LogP contribution in [0.25, 0.3) is 0 Å². The summed E-state index contributed by atoms with van der Waals surface area (Å²) in [6.07, 6.45) is 15.5. The molecule has 7 unspecified atom stereocenters. The van der Waals surface area contributed by atoms with Crippen LogP contribution in [0.2, 0.25) is 0 Å². The second-order valence-corrected chi connectivity index (χ2v) is 8.61. The SMILES string of the molecule is COC(=O)C12C3C=CC(C3)C1C1CC2CC1OC1CCCCC1. The fourth-order valence-corrected chi connectivity index (χ4v) is 7.23. The lowest BCUT2D eigenvalue weighted by Gasteiger charge is -2.45. The Morgan fingerprint density at radius 1 is 1.09 bits per heavy atom. The minimum absolute atomic E-state index is 0.0722. The summed E-state index contributed by atoms with van der Waals surface area (Å²) in [6.45, 7) is 0. The first-order valence-electron chi connectivity index (χ1n) is 9.67. The molecular weight excluding hydrogens is 288 g/mol. The number of hydrogen-bond donors (Lipinski definition) is 0. The van der Waals surface area contributed by atoms with Crippen molar-refractivity contribution in [2.45, 2.75) is 63.6 Å². The Balaban J connectivity index is 1.41. The number of ether oxygens (including phenoxy) is 2. The minimum Gasteiger partial charge on any atom is -0.469 e. The Morgan fingerprint density at radius 3 is 2.70 bits per heavy atom. The number of allylic oxidation sites excluding steroid dienone is 2. The first kappa shape index (κ1) is 14.5. The van der Waals surface area contributed by atoms with Gasteiger partial charge in [0.1, 0.15) is 0 Å². The van der Waals surface area contributed by atoms with Gasteiger partial charge in [-0.25, -0.2) is 0 Å². The fourth-order valence-electron chi connectivity index (χ4n) is 7.23. The van der Waals surface area contributed by atoms with Gasteiger partial charge in [-0.15, -0.1) is 0 Å². The molecule has 126 valence electrons. The molecule has 3 nitrogen and oxygen atoms in total. The molecule has 4 bridgehead atoms. The second-order valence-electron chi connectivity index (χ2n) is 8.61. The largest absolute Gasteiger partial charge is 0.469 e. The van der Waals surface area contributed by atoms with E-state index < -0.39 is 0 Å². The molecule has 23 heavy (non-hydrogen) atoms. The summed E-state index contributed by atoms with van der Waals surface area (Å²) in [6, 6.07) is 0. The average Bonchev–Trinajstić information content (AvgIpc) is 3.33. The van der Waals surface area contributed by atoms with Gasteiger partial charge in [-0.05, 0) is 61.7 Å².